The topological polar surface area (TPSA) is 40.5 Å². The maximum atomic E-state index is 11.3. The molecule has 0 radical (unpaired) electrons. The van der Waals surface area contributed by atoms with Crippen molar-refractivity contribution in [3.63, 3.8) is 0 Å². The highest BCUT2D eigenvalue weighted by Crippen LogP contribution is 2.38. The summed E-state index contributed by atoms with van der Waals surface area (Å²) in [6, 6.07) is 3.05. The number of carboxylic acids is 1. The summed E-state index contributed by atoms with van der Waals surface area (Å²) in [6.07, 6.45) is 5.46. The van der Waals surface area contributed by atoms with Crippen LogP contribution >= 0.6 is 11.3 Å². The summed E-state index contributed by atoms with van der Waals surface area (Å²) in [5, 5.41) is 13.6. The van der Waals surface area contributed by atoms with E-state index in [1.807, 2.05) is 0 Å². The number of nitrogens with zero attached hydrogens (tertiary/aromatic N) is 1. The van der Waals surface area contributed by atoms with Crippen molar-refractivity contribution in [1.82, 2.24) is 4.90 Å². The third kappa shape index (κ3) is 2.45. The van der Waals surface area contributed by atoms with E-state index < -0.39 is 5.97 Å². The molecule has 98 valence electrons. The van der Waals surface area contributed by atoms with Gasteiger partial charge in [-0.3, -0.25) is 9.69 Å². The van der Waals surface area contributed by atoms with E-state index in [-0.39, 0.29) is 12.0 Å². The molecule has 18 heavy (non-hydrogen) atoms. The number of rotatable bonds is 5. The van der Waals surface area contributed by atoms with Gasteiger partial charge in [-0.05, 0) is 48.1 Å². The summed E-state index contributed by atoms with van der Waals surface area (Å²) in [7, 11) is 0. The van der Waals surface area contributed by atoms with Gasteiger partial charge in [0.05, 0.1) is 5.92 Å². The van der Waals surface area contributed by atoms with Gasteiger partial charge in [0.1, 0.15) is 0 Å². The normalized spacial score (nSPS) is 27.8. The molecule has 1 aromatic rings. The van der Waals surface area contributed by atoms with Crippen LogP contribution in [0.25, 0.3) is 0 Å². The molecule has 3 rings (SSSR count). The molecule has 2 atom stereocenters. The Balaban J connectivity index is 1.74. The number of thiophene rings is 1. The molecule has 0 aromatic carbocycles. The second kappa shape index (κ2) is 5.02. The monoisotopic (exact) mass is 265 g/mol. The van der Waals surface area contributed by atoms with Gasteiger partial charge in [0.2, 0.25) is 0 Å². The van der Waals surface area contributed by atoms with Crippen LogP contribution in [-0.2, 0) is 11.3 Å². The molecular weight excluding hydrogens is 246 g/mol. The van der Waals surface area contributed by atoms with E-state index in [2.05, 4.69) is 21.7 Å². The van der Waals surface area contributed by atoms with Crippen molar-refractivity contribution in [2.45, 2.75) is 50.7 Å². The van der Waals surface area contributed by atoms with Crippen LogP contribution in [0.2, 0.25) is 0 Å². The fourth-order valence-corrected chi connectivity index (χ4v) is 3.80. The zero-order chi connectivity index (χ0) is 12.5. The summed E-state index contributed by atoms with van der Waals surface area (Å²) in [6.45, 7) is 0.933. The lowest BCUT2D eigenvalue weighted by atomic mass is 10.0. The van der Waals surface area contributed by atoms with Crippen LogP contribution in [0.15, 0.2) is 16.8 Å². The highest BCUT2D eigenvalue weighted by atomic mass is 32.1. The minimum atomic E-state index is -0.603. The third-order valence-electron chi connectivity index (χ3n) is 4.18. The van der Waals surface area contributed by atoms with Crippen molar-refractivity contribution in [2.75, 3.05) is 0 Å². The van der Waals surface area contributed by atoms with Crippen LogP contribution in [0.4, 0.5) is 0 Å². The highest BCUT2D eigenvalue weighted by Gasteiger charge is 2.42. The number of hydrogen-bond donors (Lipinski definition) is 1. The Morgan fingerprint density at radius 2 is 2.22 bits per heavy atom. The van der Waals surface area contributed by atoms with E-state index in [9.17, 15) is 9.90 Å². The van der Waals surface area contributed by atoms with Gasteiger partial charge in [0, 0.05) is 18.6 Å². The predicted octanol–water partition coefficient (Wildman–Crippen LogP) is 2.97. The first-order chi connectivity index (χ1) is 8.75. The minimum Gasteiger partial charge on any atom is -0.481 e. The summed E-state index contributed by atoms with van der Waals surface area (Å²) >= 11 is 1.72. The van der Waals surface area contributed by atoms with Gasteiger partial charge in [-0.2, -0.15) is 11.3 Å². The zero-order valence-electron chi connectivity index (χ0n) is 10.4. The Hall–Kier alpha value is -0.870. The van der Waals surface area contributed by atoms with Crippen LogP contribution in [0, 0.1) is 5.92 Å². The molecule has 0 spiro atoms. The predicted molar refractivity (Wildman–Crippen MR) is 71.6 cm³/mol. The van der Waals surface area contributed by atoms with Gasteiger partial charge in [-0.1, -0.05) is 6.42 Å². The fraction of sp³-hybridized carbons (Fsp3) is 0.643. The number of carboxylic acid groups (broad SMARTS) is 1. The maximum Gasteiger partial charge on any atom is 0.308 e. The first-order valence-electron chi connectivity index (χ1n) is 6.75. The Kier molecular flexibility index (Phi) is 3.39. The molecule has 2 aliphatic rings. The molecule has 1 heterocycles. The van der Waals surface area contributed by atoms with Crippen LogP contribution < -0.4 is 0 Å². The summed E-state index contributed by atoms with van der Waals surface area (Å²) in [5.41, 5.74) is 1.34. The van der Waals surface area contributed by atoms with Crippen molar-refractivity contribution in [1.29, 1.82) is 0 Å². The van der Waals surface area contributed by atoms with Gasteiger partial charge < -0.3 is 5.11 Å². The van der Waals surface area contributed by atoms with Crippen molar-refractivity contribution in [3.8, 4) is 0 Å². The summed E-state index contributed by atoms with van der Waals surface area (Å²) in [5.74, 6) is -0.752. The van der Waals surface area contributed by atoms with E-state index >= 15 is 0 Å². The lowest BCUT2D eigenvalue weighted by molar-refractivity contribution is -0.143. The van der Waals surface area contributed by atoms with Gasteiger partial charge >= 0.3 is 5.97 Å². The molecule has 3 nitrogen and oxygen atoms in total. The fourth-order valence-electron chi connectivity index (χ4n) is 3.14. The number of carbonyl (C=O) groups is 1. The van der Waals surface area contributed by atoms with E-state index in [0.29, 0.717) is 6.04 Å². The molecule has 2 saturated carbocycles. The smallest absolute Gasteiger partial charge is 0.308 e. The molecule has 1 aromatic heterocycles. The van der Waals surface area contributed by atoms with E-state index in [1.165, 1.54) is 18.4 Å². The van der Waals surface area contributed by atoms with E-state index in [1.54, 1.807) is 11.3 Å². The second-order valence-corrected chi connectivity index (χ2v) is 6.26. The lowest BCUT2D eigenvalue weighted by Crippen LogP contribution is -2.41. The van der Waals surface area contributed by atoms with Crippen molar-refractivity contribution < 1.29 is 9.90 Å². The Morgan fingerprint density at radius 3 is 2.83 bits per heavy atom. The molecule has 0 amide bonds. The molecule has 2 aliphatic carbocycles. The Morgan fingerprint density at radius 1 is 1.39 bits per heavy atom. The summed E-state index contributed by atoms with van der Waals surface area (Å²) in [4.78, 5) is 13.8. The molecule has 0 aliphatic heterocycles. The highest BCUT2D eigenvalue weighted by molar-refractivity contribution is 7.07. The quantitative estimate of drug-likeness (QED) is 0.890. The zero-order valence-corrected chi connectivity index (χ0v) is 11.2. The Labute approximate surface area is 111 Å². The molecular formula is C14H19NO2S. The average Bonchev–Trinajstić information content (AvgIpc) is 2.88. The van der Waals surface area contributed by atoms with Crippen LogP contribution in [0.1, 0.15) is 37.7 Å². The minimum absolute atomic E-state index is 0.149. The second-order valence-electron chi connectivity index (χ2n) is 5.48. The van der Waals surface area contributed by atoms with Crippen LogP contribution in [0.3, 0.4) is 0 Å². The first-order valence-corrected chi connectivity index (χ1v) is 7.69. The molecule has 0 saturated heterocycles. The third-order valence-corrected chi connectivity index (χ3v) is 4.92. The largest absolute Gasteiger partial charge is 0.481 e. The van der Waals surface area contributed by atoms with Gasteiger partial charge in [-0.25, -0.2) is 0 Å². The van der Waals surface area contributed by atoms with Gasteiger partial charge in [-0.15, -0.1) is 0 Å². The lowest BCUT2D eigenvalue weighted by Gasteiger charge is -2.31. The van der Waals surface area contributed by atoms with E-state index in [0.717, 1.165) is 25.8 Å². The molecule has 1 N–H and O–H groups in total. The standard InChI is InChI=1S/C14H19NO2S/c16-14(17)12-2-1-3-13(12)15(11-4-5-11)8-10-6-7-18-9-10/h6-7,9,11-13H,1-5,8H2,(H,16,17). The van der Waals surface area contributed by atoms with Crippen molar-refractivity contribution in [3.05, 3.63) is 22.4 Å². The van der Waals surface area contributed by atoms with E-state index in [4.69, 9.17) is 0 Å². The van der Waals surface area contributed by atoms with Gasteiger partial charge in [0.25, 0.3) is 0 Å². The SMILES string of the molecule is O=C(O)C1CCCC1N(Cc1ccsc1)C1CC1. The maximum absolute atomic E-state index is 11.3. The van der Waals surface area contributed by atoms with Crippen molar-refractivity contribution in [2.24, 2.45) is 5.92 Å². The molecule has 4 heteroatoms. The van der Waals surface area contributed by atoms with Crippen LogP contribution in [-0.4, -0.2) is 28.1 Å². The number of hydrogen-bond acceptors (Lipinski definition) is 3. The van der Waals surface area contributed by atoms with Gasteiger partial charge in [0.15, 0.2) is 0 Å². The first kappa shape index (κ1) is 12.2. The average molecular weight is 265 g/mol. The molecule has 0 bridgehead atoms. The summed E-state index contributed by atoms with van der Waals surface area (Å²) < 4.78 is 0. The number of aliphatic carboxylic acids is 1. The Bertz CT molecular complexity index is 413. The molecule has 2 unspecified atom stereocenters. The van der Waals surface area contributed by atoms with Crippen molar-refractivity contribution >= 4 is 17.3 Å². The van der Waals surface area contributed by atoms with Crippen LogP contribution in [0.5, 0.6) is 0 Å². The molecule has 2 fully saturated rings.